The largest absolute Gasteiger partial charge is 0.299 e. The van der Waals surface area contributed by atoms with E-state index < -0.39 is 0 Å². The molecule has 58 valence electrons. The lowest BCUT2D eigenvalue weighted by atomic mass is 10.0. The van der Waals surface area contributed by atoms with Crippen LogP contribution in [0.2, 0.25) is 0 Å². The van der Waals surface area contributed by atoms with Crippen LogP contribution in [-0.2, 0) is 4.79 Å². The molecule has 0 heterocycles. The molecule has 1 nitrogen and oxygen atoms in total. The smallest absolute Gasteiger partial charge is 0.136 e. The molecule has 0 aromatic heterocycles. The number of ketones is 1. The van der Waals surface area contributed by atoms with Gasteiger partial charge in [-0.3, -0.25) is 4.79 Å². The van der Waals surface area contributed by atoms with Gasteiger partial charge in [0.2, 0.25) is 0 Å². The van der Waals surface area contributed by atoms with E-state index in [1.807, 2.05) is 0 Å². The molecule has 0 aliphatic heterocycles. The molecule has 1 saturated carbocycles. The van der Waals surface area contributed by atoms with Crippen molar-refractivity contribution < 1.29 is 4.79 Å². The van der Waals surface area contributed by atoms with E-state index in [0.717, 1.165) is 18.6 Å². The van der Waals surface area contributed by atoms with Crippen LogP contribution < -0.4 is 0 Å². The second-order valence-electron chi connectivity index (χ2n) is 2.92. The van der Waals surface area contributed by atoms with Gasteiger partial charge in [0.25, 0.3) is 0 Å². The van der Waals surface area contributed by atoms with Crippen molar-refractivity contribution in [3.05, 3.63) is 0 Å². The highest BCUT2D eigenvalue weighted by Crippen LogP contribution is 2.26. The Hall–Kier alpha value is 0.0200. The second kappa shape index (κ2) is 4.02. The van der Waals surface area contributed by atoms with E-state index in [1.54, 1.807) is 0 Å². The number of carbonyl (C=O) groups is 1. The Balaban J connectivity index is 2.25. The third-order valence-corrected chi connectivity index (χ3v) is 2.39. The molecule has 0 N–H and O–H groups in total. The summed E-state index contributed by atoms with van der Waals surface area (Å²) in [6, 6.07) is 0. The first kappa shape index (κ1) is 8.12. The number of carbonyl (C=O) groups excluding carboxylic acids is 1. The van der Waals surface area contributed by atoms with Crippen LogP contribution in [0.5, 0.6) is 0 Å². The van der Waals surface area contributed by atoms with Gasteiger partial charge >= 0.3 is 0 Å². The average Bonchev–Trinajstić information content (AvgIpc) is 2.38. The van der Waals surface area contributed by atoms with E-state index >= 15 is 0 Å². The number of hydrogen-bond acceptors (Lipinski definition) is 2. The van der Waals surface area contributed by atoms with Crippen LogP contribution in [0.1, 0.15) is 32.1 Å². The highest BCUT2D eigenvalue weighted by molar-refractivity contribution is 7.80. The highest BCUT2D eigenvalue weighted by Gasteiger charge is 2.21. The zero-order valence-electron chi connectivity index (χ0n) is 6.18. The Morgan fingerprint density at radius 3 is 2.50 bits per heavy atom. The van der Waals surface area contributed by atoms with Crippen LogP contribution in [0.4, 0.5) is 0 Å². The normalized spacial score (nSPS) is 19.7. The van der Waals surface area contributed by atoms with Crippen molar-refractivity contribution in [3.8, 4) is 0 Å². The van der Waals surface area contributed by atoms with Crippen LogP contribution in [0.15, 0.2) is 0 Å². The molecule has 0 aromatic rings. The van der Waals surface area contributed by atoms with Gasteiger partial charge in [0, 0.05) is 12.3 Å². The Labute approximate surface area is 67.6 Å². The molecule has 2 heteroatoms. The predicted molar refractivity (Wildman–Crippen MR) is 45.4 cm³/mol. The Morgan fingerprint density at radius 2 is 2.00 bits per heavy atom. The topological polar surface area (TPSA) is 17.1 Å². The number of rotatable bonds is 3. The fraction of sp³-hybridized carbons (Fsp3) is 0.875. The molecule has 0 bridgehead atoms. The Bertz CT molecular complexity index is 116. The molecular formula is C8H14OS. The van der Waals surface area contributed by atoms with Crippen LogP contribution >= 0.6 is 12.6 Å². The van der Waals surface area contributed by atoms with Gasteiger partial charge in [-0.05, 0) is 18.6 Å². The van der Waals surface area contributed by atoms with Crippen molar-refractivity contribution >= 4 is 18.4 Å². The van der Waals surface area contributed by atoms with E-state index in [1.165, 1.54) is 12.8 Å². The first-order chi connectivity index (χ1) is 4.84. The van der Waals surface area contributed by atoms with Crippen LogP contribution in [-0.4, -0.2) is 11.5 Å². The molecule has 0 unspecified atom stereocenters. The molecule has 0 saturated heterocycles. The maximum Gasteiger partial charge on any atom is 0.136 e. The summed E-state index contributed by atoms with van der Waals surface area (Å²) in [5.74, 6) is 1.55. The van der Waals surface area contributed by atoms with Gasteiger partial charge in [-0.15, -0.1) is 0 Å². The summed E-state index contributed by atoms with van der Waals surface area (Å²) in [6.45, 7) is 0. The average molecular weight is 158 g/mol. The summed E-state index contributed by atoms with van der Waals surface area (Å²) in [7, 11) is 0. The summed E-state index contributed by atoms with van der Waals surface area (Å²) < 4.78 is 0. The summed E-state index contributed by atoms with van der Waals surface area (Å²) in [5.41, 5.74) is 0. The van der Waals surface area contributed by atoms with Gasteiger partial charge in [0.05, 0.1) is 0 Å². The minimum Gasteiger partial charge on any atom is -0.299 e. The van der Waals surface area contributed by atoms with E-state index in [-0.39, 0.29) is 0 Å². The van der Waals surface area contributed by atoms with Gasteiger partial charge < -0.3 is 0 Å². The third kappa shape index (κ3) is 2.01. The van der Waals surface area contributed by atoms with Crippen molar-refractivity contribution in [2.24, 2.45) is 5.92 Å². The van der Waals surface area contributed by atoms with Crippen molar-refractivity contribution in [2.75, 3.05) is 5.75 Å². The molecule has 0 radical (unpaired) electrons. The number of hydrogen-bond donors (Lipinski definition) is 1. The van der Waals surface area contributed by atoms with Gasteiger partial charge in [0.15, 0.2) is 0 Å². The van der Waals surface area contributed by atoms with Gasteiger partial charge in [0.1, 0.15) is 5.78 Å². The first-order valence-corrected chi connectivity index (χ1v) is 4.61. The van der Waals surface area contributed by atoms with Gasteiger partial charge in [-0.2, -0.15) is 12.6 Å². The zero-order chi connectivity index (χ0) is 7.40. The molecule has 1 rings (SSSR count). The summed E-state index contributed by atoms with van der Waals surface area (Å²) in [6.07, 6.45) is 5.44. The van der Waals surface area contributed by atoms with E-state index in [2.05, 4.69) is 12.6 Å². The summed E-state index contributed by atoms with van der Waals surface area (Å²) >= 11 is 4.03. The number of thiol groups is 1. The third-order valence-electron chi connectivity index (χ3n) is 2.17. The minimum absolute atomic E-state index is 0.396. The highest BCUT2D eigenvalue weighted by atomic mass is 32.1. The van der Waals surface area contributed by atoms with Gasteiger partial charge in [-0.25, -0.2) is 0 Å². The lowest BCUT2D eigenvalue weighted by molar-refractivity contribution is -0.122. The van der Waals surface area contributed by atoms with Crippen molar-refractivity contribution in [1.29, 1.82) is 0 Å². The summed E-state index contributed by atoms with van der Waals surface area (Å²) in [4.78, 5) is 11.2. The molecule has 0 aromatic carbocycles. The Kier molecular flexibility index (Phi) is 3.26. The molecule has 10 heavy (non-hydrogen) atoms. The van der Waals surface area contributed by atoms with Crippen LogP contribution in [0.25, 0.3) is 0 Å². The van der Waals surface area contributed by atoms with E-state index in [9.17, 15) is 4.79 Å². The van der Waals surface area contributed by atoms with Crippen molar-refractivity contribution in [2.45, 2.75) is 32.1 Å². The van der Waals surface area contributed by atoms with Crippen molar-refractivity contribution in [3.63, 3.8) is 0 Å². The molecular weight excluding hydrogens is 144 g/mol. The molecule has 1 aliphatic rings. The molecule has 0 spiro atoms. The minimum atomic E-state index is 0.396. The molecule has 0 atom stereocenters. The Morgan fingerprint density at radius 1 is 1.40 bits per heavy atom. The number of Topliss-reactive ketones (excluding diaryl/α,β-unsaturated/α-hetero) is 1. The molecule has 1 aliphatic carbocycles. The van der Waals surface area contributed by atoms with E-state index in [0.29, 0.717) is 18.1 Å². The SMILES string of the molecule is O=C(CCS)C1CCCC1. The lowest BCUT2D eigenvalue weighted by Crippen LogP contribution is -2.10. The fourth-order valence-corrected chi connectivity index (χ4v) is 1.78. The molecule has 1 fully saturated rings. The van der Waals surface area contributed by atoms with Crippen LogP contribution in [0, 0.1) is 5.92 Å². The quantitative estimate of drug-likeness (QED) is 0.622. The molecule has 0 amide bonds. The first-order valence-electron chi connectivity index (χ1n) is 3.98. The summed E-state index contributed by atoms with van der Waals surface area (Å²) in [5, 5.41) is 0. The zero-order valence-corrected chi connectivity index (χ0v) is 7.07. The lowest BCUT2D eigenvalue weighted by Gasteiger charge is -2.04. The van der Waals surface area contributed by atoms with E-state index in [4.69, 9.17) is 0 Å². The standard InChI is InChI=1S/C8H14OS/c9-8(5-6-10)7-3-1-2-4-7/h7,10H,1-6H2. The monoisotopic (exact) mass is 158 g/mol. The van der Waals surface area contributed by atoms with Crippen molar-refractivity contribution in [1.82, 2.24) is 0 Å². The fourth-order valence-electron chi connectivity index (χ4n) is 1.56. The second-order valence-corrected chi connectivity index (χ2v) is 3.37. The predicted octanol–water partition coefficient (Wildman–Crippen LogP) is 2.07. The van der Waals surface area contributed by atoms with Crippen LogP contribution in [0.3, 0.4) is 0 Å². The van der Waals surface area contributed by atoms with Gasteiger partial charge in [-0.1, -0.05) is 12.8 Å². The maximum absolute atomic E-state index is 11.2. The maximum atomic E-state index is 11.2.